The number of ether oxygens (including phenoxy) is 3. The smallest absolute Gasteiger partial charge is 0.336 e. The normalized spacial score (nSPS) is 16.8. The molecule has 152 valence electrons. The lowest BCUT2D eigenvalue weighted by Crippen LogP contribution is -2.40. The minimum absolute atomic E-state index is 0.0286. The van der Waals surface area contributed by atoms with Gasteiger partial charge in [-0.2, -0.15) is 0 Å². The van der Waals surface area contributed by atoms with E-state index < -0.39 is 17.9 Å². The van der Waals surface area contributed by atoms with Crippen LogP contribution in [0.2, 0.25) is 5.02 Å². The number of methoxy groups -OCH3 is 2. The number of aliphatic carboxylic acids is 1. The first-order chi connectivity index (χ1) is 13.4. The van der Waals surface area contributed by atoms with Crippen LogP contribution in [0, 0.1) is 0 Å². The molecule has 1 aliphatic heterocycles. The summed E-state index contributed by atoms with van der Waals surface area (Å²) in [6.45, 7) is 0.192. The van der Waals surface area contributed by atoms with Crippen LogP contribution in [0.4, 0.5) is 0 Å². The molecule has 2 rings (SSSR count). The average molecular weight is 429 g/mol. The molecule has 1 aliphatic rings. The highest BCUT2D eigenvalue weighted by atomic mass is 35.5. The van der Waals surface area contributed by atoms with Crippen LogP contribution in [0.3, 0.4) is 0 Å². The number of alkyl halides is 1. The Hall–Kier alpha value is -2.06. The molecule has 1 aromatic rings. The van der Waals surface area contributed by atoms with E-state index in [9.17, 15) is 14.7 Å². The number of benzene rings is 1. The van der Waals surface area contributed by atoms with Crippen LogP contribution in [0.1, 0.15) is 11.5 Å². The maximum Gasteiger partial charge on any atom is 0.336 e. The lowest BCUT2D eigenvalue weighted by atomic mass is 9.80. The predicted molar refractivity (Wildman–Crippen MR) is 102 cm³/mol. The highest BCUT2D eigenvalue weighted by Gasteiger charge is 2.36. The Balaban J connectivity index is 2.68. The number of rotatable bonds is 9. The van der Waals surface area contributed by atoms with E-state index in [1.165, 1.54) is 14.2 Å². The first kappa shape index (κ1) is 22.2. The third kappa shape index (κ3) is 5.05. The summed E-state index contributed by atoms with van der Waals surface area (Å²) in [5.41, 5.74) is 1.07. The molecule has 0 radical (unpaired) electrons. The molecule has 0 amide bonds. The fourth-order valence-corrected chi connectivity index (χ4v) is 3.33. The first-order valence-corrected chi connectivity index (χ1v) is 9.26. The molecule has 0 aliphatic carbocycles. The number of hydrogen-bond donors (Lipinski definition) is 1. The lowest BCUT2D eigenvalue weighted by Gasteiger charge is -2.33. The van der Waals surface area contributed by atoms with Gasteiger partial charge in [0.25, 0.3) is 0 Å². The molecule has 9 heteroatoms. The molecule has 0 spiro atoms. The maximum atomic E-state index is 12.6. The number of carboxylic acid groups (broad SMARTS) is 1. The molecular formula is C19H20Cl2NO6-. The molecule has 0 bridgehead atoms. The number of halogens is 2. The second-order valence-electron chi connectivity index (χ2n) is 5.85. The van der Waals surface area contributed by atoms with Gasteiger partial charge in [-0.25, -0.2) is 4.79 Å². The second-order valence-corrected chi connectivity index (χ2v) is 6.67. The topological polar surface area (TPSA) is 96.9 Å². The Kier molecular flexibility index (Phi) is 8.32. The lowest BCUT2D eigenvalue weighted by molar-refractivity contribution is -0.299. The molecule has 1 atom stereocenters. The van der Waals surface area contributed by atoms with E-state index >= 15 is 0 Å². The highest BCUT2D eigenvalue weighted by molar-refractivity contribution is 6.30. The molecule has 1 unspecified atom stereocenters. The number of dihydropyridines is 1. The van der Waals surface area contributed by atoms with Crippen molar-refractivity contribution in [2.24, 2.45) is 0 Å². The van der Waals surface area contributed by atoms with Gasteiger partial charge in [-0.15, -0.1) is 11.6 Å². The maximum absolute atomic E-state index is 12.6. The zero-order valence-corrected chi connectivity index (χ0v) is 16.9. The van der Waals surface area contributed by atoms with E-state index in [4.69, 9.17) is 37.4 Å². The molecule has 28 heavy (non-hydrogen) atoms. The van der Waals surface area contributed by atoms with Crippen molar-refractivity contribution in [2.75, 3.05) is 39.9 Å². The van der Waals surface area contributed by atoms with Crippen molar-refractivity contribution in [3.05, 3.63) is 57.4 Å². The molecular weight excluding hydrogens is 409 g/mol. The van der Waals surface area contributed by atoms with Gasteiger partial charge in [0.1, 0.15) is 0 Å². The molecule has 1 heterocycles. The van der Waals surface area contributed by atoms with Gasteiger partial charge in [0.2, 0.25) is 0 Å². The largest absolute Gasteiger partial charge is 0.545 e. The molecule has 0 aromatic heterocycles. The summed E-state index contributed by atoms with van der Waals surface area (Å²) in [6, 6.07) is 6.58. The summed E-state index contributed by atoms with van der Waals surface area (Å²) < 4.78 is 15.5. The monoisotopic (exact) mass is 428 g/mol. The Morgan fingerprint density at radius 2 is 1.89 bits per heavy atom. The van der Waals surface area contributed by atoms with Gasteiger partial charge in [0, 0.05) is 35.2 Å². The number of carbonyl (C=O) groups excluding carboxylic acids is 2. The number of hydrogen-bond acceptors (Lipinski definition) is 7. The van der Waals surface area contributed by atoms with E-state index in [2.05, 4.69) is 5.32 Å². The van der Waals surface area contributed by atoms with Gasteiger partial charge in [0.05, 0.1) is 44.2 Å². The van der Waals surface area contributed by atoms with E-state index in [-0.39, 0.29) is 42.5 Å². The van der Waals surface area contributed by atoms with Gasteiger partial charge in [-0.1, -0.05) is 23.7 Å². The fourth-order valence-electron chi connectivity index (χ4n) is 3.02. The van der Waals surface area contributed by atoms with E-state index in [0.717, 1.165) is 0 Å². The molecule has 0 saturated heterocycles. The molecule has 0 fully saturated rings. The SMILES string of the molecule is COCC1=C(C(=O)OC)C(c2cccc(Cl)c2)C(C(=O)[O-])=C(COCCCl)N1. The number of esters is 1. The second kappa shape index (κ2) is 10.5. The first-order valence-electron chi connectivity index (χ1n) is 8.35. The Labute approximate surface area is 172 Å². The summed E-state index contributed by atoms with van der Waals surface area (Å²) >= 11 is 11.7. The van der Waals surface area contributed by atoms with Crippen molar-refractivity contribution >= 4 is 35.1 Å². The van der Waals surface area contributed by atoms with Gasteiger partial charge >= 0.3 is 5.97 Å². The van der Waals surface area contributed by atoms with Crippen molar-refractivity contribution in [1.29, 1.82) is 0 Å². The standard InChI is InChI=1S/C19H21Cl2NO6/c1-26-9-13-17(19(25)27-2)15(11-4-3-5-12(21)8-11)16(18(23)24)14(22-13)10-28-7-6-20/h3-5,8,15,22H,6-7,9-10H2,1-2H3,(H,23,24)/p-1. The van der Waals surface area contributed by atoms with Crippen molar-refractivity contribution in [3.63, 3.8) is 0 Å². The van der Waals surface area contributed by atoms with E-state index in [1.807, 2.05) is 0 Å². The summed E-state index contributed by atoms with van der Waals surface area (Å²) in [6.07, 6.45) is 0. The Morgan fingerprint density at radius 1 is 1.18 bits per heavy atom. The quantitative estimate of drug-likeness (QED) is 0.360. The number of nitrogens with one attached hydrogen (secondary N) is 1. The van der Waals surface area contributed by atoms with Crippen LogP contribution in [0.15, 0.2) is 46.8 Å². The van der Waals surface area contributed by atoms with Crippen molar-refractivity contribution in [2.45, 2.75) is 5.92 Å². The van der Waals surface area contributed by atoms with Crippen LogP contribution in [-0.4, -0.2) is 51.9 Å². The summed E-state index contributed by atoms with van der Waals surface area (Å²) in [7, 11) is 2.68. The van der Waals surface area contributed by atoms with Crippen LogP contribution in [0.5, 0.6) is 0 Å². The number of carbonyl (C=O) groups is 2. The zero-order chi connectivity index (χ0) is 20.7. The third-order valence-electron chi connectivity index (χ3n) is 4.09. The van der Waals surface area contributed by atoms with Crippen LogP contribution < -0.4 is 10.4 Å². The highest BCUT2D eigenvalue weighted by Crippen LogP contribution is 2.39. The summed E-state index contributed by atoms with van der Waals surface area (Å²) in [5, 5.41) is 15.4. The third-order valence-corrected chi connectivity index (χ3v) is 4.48. The molecule has 1 N–H and O–H groups in total. The van der Waals surface area contributed by atoms with Crippen molar-refractivity contribution in [3.8, 4) is 0 Å². The molecule has 0 saturated carbocycles. The van der Waals surface area contributed by atoms with Crippen LogP contribution in [-0.2, 0) is 23.8 Å². The van der Waals surface area contributed by atoms with Gasteiger partial charge in [-0.05, 0) is 17.7 Å². The van der Waals surface area contributed by atoms with Gasteiger partial charge in [-0.3, -0.25) is 0 Å². The van der Waals surface area contributed by atoms with Gasteiger partial charge < -0.3 is 29.4 Å². The number of carboxylic acids is 1. The Morgan fingerprint density at radius 3 is 2.46 bits per heavy atom. The van der Waals surface area contributed by atoms with Gasteiger partial charge in [0.15, 0.2) is 0 Å². The zero-order valence-electron chi connectivity index (χ0n) is 15.4. The molecule has 1 aromatic carbocycles. The van der Waals surface area contributed by atoms with Crippen LogP contribution >= 0.6 is 23.2 Å². The molecule has 7 nitrogen and oxygen atoms in total. The van der Waals surface area contributed by atoms with E-state index in [0.29, 0.717) is 16.3 Å². The Bertz CT molecular complexity index is 805. The minimum Gasteiger partial charge on any atom is -0.545 e. The fraction of sp³-hybridized carbons (Fsp3) is 0.368. The summed E-state index contributed by atoms with van der Waals surface area (Å²) in [4.78, 5) is 24.6. The predicted octanol–water partition coefficient (Wildman–Crippen LogP) is 1.36. The van der Waals surface area contributed by atoms with Crippen molar-refractivity contribution < 1.29 is 28.9 Å². The van der Waals surface area contributed by atoms with Crippen molar-refractivity contribution in [1.82, 2.24) is 5.32 Å². The average Bonchev–Trinajstić information content (AvgIpc) is 2.67. The van der Waals surface area contributed by atoms with E-state index in [1.54, 1.807) is 24.3 Å². The van der Waals surface area contributed by atoms with Crippen LogP contribution in [0.25, 0.3) is 0 Å². The minimum atomic E-state index is -1.44. The summed E-state index contributed by atoms with van der Waals surface area (Å²) in [5.74, 6) is -2.86.